The minimum Gasteiger partial charge on any atom is -0.460 e. The molecule has 24 heavy (non-hydrogen) atoms. The first kappa shape index (κ1) is 14.9. The van der Waals surface area contributed by atoms with Crippen LogP contribution in [-0.4, -0.2) is 29.0 Å². The summed E-state index contributed by atoms with van der Waals surface area (Å²) in [6.45, 7) is 1.50. The van der Waals surface area contributed by atoms with Crippen molar-refractivity contribution in [1.82, 2.24) is 4.90 Å². The number of carbonyl (C=O) groups is 1. The van der Waals surface area contributed by atoms with Crippen molar-refractivity contribution in [3.05, 3.63) is 35.9 Å². The molecule has 1 atom stereocenters. The van der Waals surface area contributed by atoms with E-state index in [0.29, 0.717) is 12.1 Å². The van der Waals surface area contributed by atoms with E-state index in [1.165, 1.54) is 38.5 Å². The van der Waals surface area contributed by atoms with E-state index < -0.39 is 0 Å². The second kappa shape index (κ2) is 5.59. The Kier molecular flexibility index (Phi) is 3.48. The highest BCUT2D eigenvalue weighted by Crippen LogP contribution is 2.59. The molecule has 1 aromatic carbocycles. The summed E-state index contributed by atoms with van der Waals surface area (Å²) in [5.41, 5.74) is 1.41. The Hall–Kier alpha value is -1.35. The van der Waals surface area contributed by atoms with Crippen LogP contribution in [0, 0.1) is 17.8 Å². The second-order valence-electron chi connectivity index (χ2n) is 8.73. The predicted octanol–water partition coefficient (Wildman–Crippen LogP) is 3.77. The minimum absolute atomic E-state index is 0.000786. The summed E-state index contributed by atoms with van der Waals surface area (Å²) < 4.78 is 5.64. The monoisotopic (exact) mass is 325 g/mol. The first-order valence-corrected chi connectivity index (χ1v) is 9.69. The number of hydrogen-bond acceptors (Lipinski definition) is 3. The van der Waals surface area contributed by atoms with Gasteiger partial charge in [-0.3, -0.25) is 9.69 Å². The molecule has 6 rings (SSSR count). The van der Waals surface area contributed by atoms with Crippen LogP contribution in [0.25, 0.3) is 0 Å². The predicted molar refractivity (Wildman–Crippen MR) is 92.3 cm³/mol. The summed E-state index contributed by atoms with van der Waals surface area (Å²) in [7, 11) is 0. The molecule has 0 spiro atoms. The fourth-order valence-electron chi connectivity index (χ4n) is 6.44. The lowest BCUT2D eigenvalue weighted by molar-refractivity contribution is -0.176. The zero-order valence-electron chi connectivity index (χ0n) is 14.3. The molecule has 0 radical (unpaired) electrons. The highest BCUT2D eigenvalue weighted by Gasteiger charge is 2.57. The summed E-state index contributed by atoms with van der Waals surface area (Å²) in [6.07, 6.45) is 9.35. The van der Waals surface area contributed by atoms with Gasteiger partial charge in [0.25, 0.3) is 0 Å². The number of rotatable bonds is 4. The summed E-state index contributed by atoms with van der Waals surface area (Å²) in [5.74, 6) is 2.79. The minimum atomic E-state index is 0.000786. The van der Waals surface area contributed by atoms with Crippen LogP contribution in [0.4, 0.5) is 0 Å². The maximum Gasteiger partial charge on any atom is 0.323 e. The molecule has 128 valence electrons. The van der Waals surface area contributed by atoms with Crippen molar-refractivity contribution in [3.63, 3.8) is 0 Å². The van der Waals surface area contributed by atoms with Gasteiger partial charge >= 0.3 is 5.97 Å². The number of ether oxygens (including phenoxy) is 1. The lowest BCUT2D eigenvalue weighted by atomic mass is 9.52. The van der Waals surface area contributed by atoms with Gasteiger partial charge in [0.2, 0.25) is 0 Å². The van der Waals surface area contributed by atoms with E-state index >= 15 is 0 Å². The van der Waals surface area contributed by atoms with Crippen LogP contribution in [-0.2, 0) is 16.1 Å². The molecular formula is C21H27NO2. The Morgan fingerprint density at radius 2 is 1.67 bits per heavy atom. The Morgan fingerprint density at radius 1 is 1.04 bits per heavy atom. The topological polar surface area (TPSA) is 29.5 Å². The third-order valence-electron chi connectivity index (χ3n) is 7.13. The van der Waals surface area contributed by atoms with Gasteiger partial charge in [-0.05, 0) is 68.3 Å². The largest absolute Gasteiger partial charge is 0.460 e. The standard InChI is InChI=1S/C21H27NO2/c23-20(24-14-15-4-2-1-3-5-15)19-6-7-22(19)21-11-16-8-17(12-21)10-18(9-16)13-21/h1-5,16-19H,6-14H2. The summed E-state index contributed by atoms with van der Waals surface area (Å²) >= 11 is 0. The molecule has 0 N–H and O–H groups in total. The maximum atomic E-state index is 12.6. The highest BCUT2D eigenvalue weighted by atomic mass is 16.5. The van der Waals surface area contributed by atoms with Gasteiger partial charge in [0.05, 0.1) is 0 Å². The SMILES string of the molecule is O=C(OCc1ccccc1)C1CCN1C12CC3CC(CC(C3)C1)C2. The van der Waals surface area contributed by atoms with E-state index in [1.54, 1.807) is 0 Å². The van der Waals surface area contributed by atoms with E-state index in [2.05, 4.69) is 4.90 Å². The first-order chi connectivity index (χ1) is 11.7. The van der Waals surface area contributed by atoms with Crippen LogP contribution in [0.5, 0.6) is 0 Å². The number of benzene rings is 1. The fourth-order valence-corrected chi connectivity index (χ4v) is 6.44. The average Bonchev–Trinajstić information content (AvgIpc) is 2.51. The average molecular weight is 325 g/mol. The van der Waals surface area contributed by atoms with E-state index in [-0.39, 0.29) is 12.0 Å². The number of esters is 1. The van der Waals surface area contributed by atoms with Crippen molar-refractivity contribution >= 4 is 5.97 Å². The third kappa shape index (κ3) is 2.40. The van der Waals surface area contributed by atoms with Crippen LogP contribution < -0.4 is 0 Å². The molecule has 4 aliphatic carbocycles. The molecule has 4 bridgehead atoms. The molecule has 1 saturated heterocycles. The maximum absolute atomic E-state index is 12.6. The Bertz CT molecular complexity index is 591. The first-order valence-electron chi connectivity index (χ1n) is 9.69. The third-order valence-corrected chi connectivity index (χ3v) is 7.13. The molecule has 0 aromatic heterocycles. The fraction of sp³-hybridized carbons (Fsp3) is 0.667. The van der Waals surface area contributed by atoms with Gasteiger partial charge in [-0.2, -0.15) is 0 Å². The van der Waals surface area contributed by atoms with E-state index in [0.717, 1.165) is 36.3 Å². The molecule has 1 aromatic rings. The summed E-state index contributed by atoms with van der Waals surface area (Å²) in [5, 5.41) is 0. The molecule has 0 amide bonds. The quantitative estimate of drug-likeness (QED) is 0.789. The van der Waals surface area contributed by atoms with Gasteiger partial charge in [-0.1, -0.05) is 30.3 Å². The van der Waals surface area contributed by atoms with Crippen LogP contribution in [0.3, 0.4) is 0 Å². The van der Waals surface area contributed by atoms with Gasteiger partial charge in [-0.15, -0.1) is 0 Å². The van der Waals surface area contributed by atoms with Crippen LogP contribution in [0.15, 0.2) is 30.3 Å². The number of hydrogen-bond donors (Lipinski definition) is 0. The number of nitrogens with zero attached hydrogens (tertiary/aromatic N) is 1. The van der Waals surface area contributed by atoms with Crippen molar-refractivity contribution in [2.75, 3.05) is 6.54 Å². The van der Waals surface area contributed by atoms with E-state index in [1.807, 2.05) is 30.3 Å². The van der Waals surface area contributed by atoms with Crippen molar-refractivity contribution in [2.45, 2.75) is 63.1 Å². The van der Waals surface area contributed by atoms with Crippen molar-refractivity contribution in [2.24, 2.45) is 17.8 Å². The molecule has 1 heterocycles. The van der Waals surface area contributed by atoms with Crippen molar-refractivity contribution in [1.29, 1.82) is 0 Å². The molecule has 5 fully saturated rings. The normalized spacial score (nSPS) is 40.3. The molecule has 3 nitrogen and oxygen atoms in total. The molecule has 1 aliphatic heterocycles. The molecule has 1 unspecified atom stereocenters. The Morgan fingerprint density at radius 3 is 2.21 bits per heavy atom. The summed E-state index contributed by atoms with van der Waals surface area (Å²) in [4.78, 5) is 15.2. The van der Waals surface area contributed by atoms with Gasteiger partial charge in [0.1, 0.15) is 12.6 Å². The van der Waals surface area contributed by atoms with Crippen LogP contribution >= 0.6 is 0 Å². The Labute approximate surface area is 144 Å². The smallest absolute Gasteiger partial charge is 0.323 e. The van der Waals surface area contributed by atoms with Gasteiger partial charge in [0.15, 0.2) is 0 Å². The Balaban J connectivity index is 1.26. The highest BCUT2D eigenvalue weighted by molar-refractivity contribution is 5.77. The van der Waals surface area contributed by atoms with Crippen LogP contribution in [0.1, 0.15) is 50.5 Å². The van der Waals surface area contributed by atoms with Crippen LogP contribution in [0.2, 0.25) is 0 Å². The van der Waals surface area contributed by atoms with Crippen molar-refractivity contribution < 1.29 is 9.53 Å². The molecule has 5 aliphatic rings. The number of likely N-dealkylation sites (tertiary alicyclic amines) is 1. The van der Waals surface area contributed by atoms with Gasteiger partial charge < -0.3 is 4.74 Å². The molecule has 4 saturated carbocycles. The van der Waals surface area contributed by atoms with E-state index in [4.69, 9.17) is 4.74 Å². The zero-order chi connectivity index (χ0) is 16.1. The lowest BCUT2D eigenvalue weighted by Crippen LogP contribution is -2.68. The van der Waals surface area contributed by atoms with Crippen molar-refractivity contribution in [3.8, 4) is 0 Å². The second-order valence-corrected chi connectivity index (χ2v) is 8.73. The zero-order valence-corrected chi connectivity index (χ0v) is 14.3. The lowest BCUT2D eigenvalue weighted by Gasteiger charge is -2.64. The van der Waals surface area contributed by atoms with E-state index in [9.17, 15) is 4.79 Å². The molecular weight excluding hydrogens is 298 g/mol. The summed E-state index contributed by atoms with van der Waals surface area (Å²) in [6, 6.07) is 10.0. The molecule has 3 heteroatoms. The number of carbonyl (C=O) groups excluding carboxylic acids is 1. The van der Waals surface area contributed by atoms with Gasteiger partial charge in [0, 0.05) is 12.1 Å². The van der Waals surface area contributed by atoms with Gasteiger partial charge in [-0.25, -0.2) is 0 Å².